The van der Waals surface area contributed by atoms with Crippen LogP contribution in [0, 0.1) is 0 Å². The van der Waals surface area contributed by atoms with Crippen LogP contribution in [0.25, 0.3) is 0 Å². The molecule has 1 N–H and O–H groups in total. The van der Waals surface area contributed by atoms with Crippen LogP contribution in [0.5, 0.6) is 0 Å². The second kappa shape index (κ2) is 5.88. The van der Waals surface area contributed by atoms with Crippen LogP contribution in [0.1, 0.15) is 30.3 Å². The molecule has 0 fully saturated rings. The molecule has 0 aliphatic heterocycles. The van der Waals surface area contributed by atoms with Gasteiger partial charge in [-0.1, -0.05) is 24.9 Å². The van der Waals surface area contributed by atoms with E-state index in [1.54, 1.807) is 0 Å². The predicted molar refractivity (Wildman–Crippen MR) is 59.3 cm³/mol. The summed E-state index contributed by atoms with van der Waals surface area (Å²) >= 11 is 11.2. The highest BCUT2D eigenvalue weighted by Crippen LogP contribution is 2.10. The highest BCUT2D eigenvalue weighted by Gasteiger charge is 2.09. The first-order chi connectivity index (χ1) is 7.13. The van der Waals surface area contributed by atoms with Gasteiger partial charge in [0, 0.05) is 12.6 Å². The fourth-order valence-corrected chi connectivity index (χ4v) is 1.38. The molecule has 0 spiro atoms. The maximum absolute atomic E-state index is 11.5. The van der Waals surface area contributed by atoms with E-state index in [0.29, 0.717) is 6.54 Å². The van der Waals surface area contributed by atoms with Crippen LogP contribution >= 0.6 is 23.2 Å². The molecule has 1 amide bonds. The predicted octanol–water partition coefficient (Wildman–Crippen LogP) is 2.31. The summed E-state index contributed by atoms with van der Waals surface area (Å²) in [6, 6.07) is 1.38. The monoisotopic (exact) mass is 247 g/mol. The molecule has 0 aliphatic rings. The van der Waals surface area contributed by atoms with E-state index >= 15 is 0 Å². The average molecular weight is 248 g/mol. The van der Waals surface area contributed by atoms with Crippen molar-refractivity contribution in [2.75, 3.05) is 6.54 Å². The molecule has 0 atom stereocenters. The Bertz CT molecular complexity index is 337. The van der Waals surface area contributed by atoms with E-state index in [-0.39, 0.29) is 22.0 Å². The van der Waals surface area contributed by atoms with Gasteiger partial charge in [0.2, 0.25) is 5.28 Å². The molecule has 1 heterocycles. The molecule has 15 heavy (non-hydrogen) atoms. The first kappa shape index (κ1) is 12.2. The minimum absolute atomic E-state index is 0.0249. The second-order valence-electron chi connectivity index (χ2n) is 2.95. The van der Waals surface area contributed by atoms with Crippen molar-refractivity contribution in [3.63, 3.8) is 0 Å². The summed E-state index contributed by atoms with van der Waals surface area (Å²) in [5.41, 5.74) is 0.191. The van der Waals surface area contributed by atoms with E-state index < -0.39 is 0 Å². The molecule has 1 aromatic rings. The summed E-state index contributed by atoms with van der Waals surface area (Å²) in [5.74, 6) is -0.283. The first-order valence-corrected chi connectivity index (χ1v) is 5.37. The molecule has 0 radical (unpaired) electrons. The van der Waals surface area contributed by atoms with E-state index in [0.717, 1.165) is 12.8 Å². The molecule has 82 valence electrons. The van der Waals surface area contributed by atoms with Gasteiger partial charge < -0.3 is 5.32 Å². The van der Waals surface area contributed by atoms with Crippen molar-refractivity contribution in [1.82, 2.24) is 15.3 Å². The number of hydrogen-bond acceptors (Lipinski definition) is 3. The Hall–Kier alpha value is -0.870. The largest absolute Gasteiger partial charge is 0.351 e. The fraction of sp³-hybridized carbons (Fsp3) is 0.444. The van der Waals surface area contributed by atoms with Crippen molar-refractivity contribution in [1.29, 1.82) is 0 Å². The first-order valence-electron chi connectivity index (χ1n) is 4.61. The van der Waals surface area contributed by atoms with Crippen molar-refractivity contribution in [3.05, 3.63) is 22.2 Å². The van der Waals surface area contributed by atoms with Crippen LogP contribution in [0.4, 0.5) is 0 Å². The number of nitrogens with zero attached hydrogens (tertiary/aromatic N) is 2. The van der Waals surface area contributed by atoms with Gasteiger partial charge in [0.15, 0.2) is 0 Å². The summed E-state index contributed by atoms with van der Waals surface area (Å²) in [6.07, 6.45) is 1.95. The normalized spacial score (nSPS) is 10.1. The Morgan fingerprint density at radius 1 is 1.47 bits per heavy atom. The Morgan fingerprint density at radius 2 is 2.20 bits per heavy atom. The lowest BCUT2D eigenvalue weighted by atomic mass is 10.3. The molecule has 1 rings (SSSR count). The Morgan fingerprint density at radius 3 is 2.80 bits per heavy atom. The number of aromatic nitrogens is 2. The van der Waals surface area contributed by atoms with Crippen molar-refractivity contribution in [2.45, 2.75) is 19.8 Å². The molecule has 0 saturated carbocycles. The standard InChI is InChI=1S/C9H11Cl2N3O/c1-2-3-4-12-8(15)6-5-7(10)14-9(11)13-6/h5H,2-4H2,1H3,(H,12,15). The zero-order chi connectivity index (χ0) is 11.3. The molecule has 0 saturated heterocycles. The van der Waals surface area contributed by atoms with Crippen molar-refractivity contribution >= 4 is 29.1 Å². The molecule has 0 aliphatic carbocycles. The van der Waals surface area contributed by atoms with E-state index in [1.165, 1.54) is 6.07 Å². The van der Waals surface area contributed by atoms with Crippen LogP contribution in [-0.2, 0) is 0 Å². The number of rotatable bonds is 4. The van der Waals surface area contributed by atoms with Gasteiger partial charge in [-0.05, 0) is 18.0 Å². The van der Waals surface area contributed by atoms with Crippen molar-refractivity contribution in [2.24, 2.45) is 0 Å². The third-order valence-electron chi connectivity index (χ3n) is 1.72. The number of unbranched alkanes of at least 4 members (excludes halogenated alkanes) is 1. The number of hydrogen-bond donors (Lipinski definition) is 1. The van der Waals surface area contributed by atoms with Gasteiger partial charge in [-0.25, -0.2) is 9.97 Å². The van der Waals surface area contributed by atoms with Crippen LogP contribution in [0.2, 0.25) is 10.4 Å². The molecule has 4 nitrogen and oxygen atoms in total. The summed E-state index contributed by atoms with van der Waals surface area (Å²) in [7, 11) is 0. The number of halogens is 2. The third kappa shape index (κ3) is 4.01. The number of carbonyl (C=O) groups excluding carboxylic acids is 1. The van der Waals surface area contributed by atoms with E-state index in [2.05, 4.69) is 15.3 Å². The lowest BCUT2D eigenvalue weighted by Gasteiger charge is -2.03. The van der Waals surface area contributed by atoms with Gasteiger partial charge in [0.25, 0.3) is 5.91 Å². The van der Waals surface area contributed by atoms with Gasteiger partial charge in [-0.2, -0.15) is 0 Å². The van der Waals surface area contributed by atoms with E-state index in [9.17, 15) is 4.79 Å². The third-order valence-corrected chi connectivity index (χ3v) is 2.08. The minimum Gasteiger partial charge on any atom is -0.351 e. The van der Waals surface area contributed by atoms with E-state index in [4.69, 9.17) is 23.2 Å². The maximum atomic E-state index is 11.5. The Balaban J connectivity index is 2.65. The number of carbonyl (C=O) groups is 1. The molecular formula is C9H11Cl2N3O. The van der Waals surface area contributed by atoms with Crippen LogP contribution in [0.15, 0.2) is 6.07 Å². The molecule has 1 aromatic heterocycles. The van der Waals surface area contributed by atoms with Gasteiger partial charge in [0.05, 0.1) is 0 Å². The lowest BCUT2D eigenvalue weighted by Crippen LogP contribution is -2.25. The summed E-state index contributed by atoms with van der Waals surface area (Å²) in [6.45, 7) is 2.67. The Kier molecular flexibility index (Phi) is 4.78. The van der Waals surface area contributed by atoms with Gasteiger partial charge in [-0.3, -0.25) is 4.79 Å². The van der Waals surface area contributed by atoms with Crippen molar-refractivity contribution < 1.29 is 4.79 Å². The van der Waals surface area contributed by atoms with Gasteiger partial charge in [0.1, 0.15) is 10.8 Å². The molecule has 0 unspecified atom stereocenters. The molecule has 6 heteroatoms. The molecule has 0 bridgehead atoms. The fourth-order valence-electron chi connectivity index (χ4n) is 0.975. The summed E-state index contributed by atoms with van der Waals surface area (Å²) in [4.78, 5) is 18.9. The van der Waals surface area contributed by atoms with Crippen molar-refractivity contribution in [3.8, 4) is 0 Å². The molecular weight excluding hydrogens is 237 g/mol. The zero-order valence-electron chi connectivity index (χ0n) is 8.26. The van der Waals surface area contributed by atoms with Gasteiger partial charge >= 0.3 is 0 Å². The maximum Gasteiger partial charge on any atom is 0.270 e. The topological polar surface area (TPSA) is 54.9 Å². The SMILES string of the molecule is CCCCNC(=O)c1cc(Cl)nc(Cl)n1. The highest BCUT2D eigenvalue weighted by molar-refractivity contribution is 6.32. The zero-order valence-corrected chi connectivity index (χ0v) is 9.77. The minimum atomic E-state index is -0.283. The lowest BCUT2D eigenvalue weighted by molar-refractivity contribution is 0.0948. The highest BCUT2D eigenvalue weighted by atomic mass is 35.5. The second-order valence-corrected chi connectivity index (χ2v) is 3.68. The van der Waals surface area contributed by atoms with E-state index in [1.807, 2.05) is 6.92 Å². The van der Waals surface area contributed by atoms with Crippen LogP contribution in [0.3, 0.4) is 0 Å². The van der Waals surface area contributed by atoms with Crippen LogP contribution < -0.4 is 5.32 Å². The van der Waals surface area contributed by atoms with Crippen LogP contribution in [-0.4, -0.2) is 22.4 Å². The Labute approximate surface area is 98.0 Å². The quantitative estimate of drug-likeness (QED) is 0.505. The average Bonchev–Trinajstić information content (AvgIpc) is 2.16. The number of nitrogens with one attached hydrogen (secondary N) is 1. The summed E-state index contributed by atoms with van der Waals surface area (Å²) in [5, 5.41) is 2.85. The smallest absolute Gasteiger partial charge is 0.270 e. The molecule has 0 aromatic carbocycles. The van der Waals surface area contributed by atoms with Gasteiger partial charge in [-0.15, -0.1) is 0 Å². The summed E-state index contributed by atoms with van der Waals surface area (Å²) < 4.78 is 0. The number of amides is 1.